The van der Waals surface area contributed by atoms with Gasteiger partial charge in [-0.2, -0.15) is 0 Å². The number of aromatic nitrogens is 3. The average molecular weight is 827 g/mol. The first-order valence-electron chi connectivity index (χ1n) is 20.8. The Morgan fingerprint density at radius 2 is 0.871 bits per heavy atom. The van der Waals surface area contributed by atoms with Gasteiger partial charge in [0, 0.05) is 27.9 Å². The summed E-state index contributed by atoms with van der Waals surface area (Å²) < 4.78 is 2.34. The van der Waals surface area contributed by atoms with Gasteiger partial charge in [-0.15, -0.1) is 22.7 Å². The third kappa shape index (κ3) is 5.27. The van der Waals surface area contributed by atoms with E-state index in [4.69, 9.17) is 15.0 Å². The fourth-order valence-electron chi connectivity index (χ4n) is 9.90. The van der Waals surface area contributed by atoms with Crippen LogP contribution in [0.1, 0.15) is 22.3 Å². The predicted molar refractivity (Wildman–Crippen MR) is 258 cm³/mol. The number of benzene rings is 8. The van der Waals surface area contributed by atoms with E-state index < -0.39 is 5.41 Å². The minimum atomic E-state index is -0.504. The number of fused-ring (bicyclic) bond motifs is 11. The summed E-state index contributed by atoms with van der Waals surface area (Å²) in [6.45, 7) is 0. The van der Waals surface area contributed by atoms with Gasteiger partial charge in [-0.1, -0.05) is 121 Å². The maximum atomic E-state index is 5.43. The molecule has 0 N–H and O–H groups in total. The van der Waals surface area contributed by atoms with E-state index >= 15 is 0 Å². The Hall–Kier alpha value is -7.51. The number of hydrogen-bond acceptors (Lipinski definition) is 6. The van der Waals surface area contributed by atoms with Crippen LogP contribution in [0.2, 0.25) is 0 Å². The third-order valence-corrected chi connectivity index (χ3v) is 14.7. The Morgan fingerprint density at radius 1 is 0.355 bits per heavy atom. The highest BCUT2D eigenvalue weighted by Crippen LogP contribution is 2.63. The molecule has 0 fully saturated rings. The highest BCUT2D eigenvalue weighted by molar-refractivity contribution is 7.22. The van der Waals surface area contributed by atoms with Crippen LogP contribution in [0.3, 0.4) is 0 Å². The summed E-state index contributed by atoms with van der Waals surface area (Å²) in [4.78, 5) is 18.0. The summed E-state index contributed by atoms with van der Waals surface area (Å²) in [6, 6.07) is 74.5. The topological polar surface area (TPSA) is 41.9 Å². The van der Waals surface area contributed by atoms with E-state index in [-0.39, 0.29) is 0 Å². The summed E-state index contributed by atoms with van der Waals surface area (Å²) in [5.41, 5.74) is 18.7. The van der Waals surface area contributed by atoms with E-state index in [0.29, 0.717) is 0 Å². The first kappa shape index (κ1) is 35.3. The lowest BCUT2D eigenvalue weighted by Crippen LogP contribution is -2.36. The summed E-state index contributed by atoms with van der Waals surface area (Å²) in [5, 5.41) is 1.96. The lowest BCUT2D eigenvalue weighted by molar-refractivity contribution is 0.752. The van der Waals surface area contributed by atoms with Gasteiger partial charge in [-0.25, -0.2) is 15.0 Å². The molecule has 0 bridgehead atoms. The molecule has 8 aromatic carbocycles. The van der Waals surface area contributed by atoms with E-state index in [9.17, 15) is 0 Å². The van der Waals surface area contributed by atoms with Crippen LogP contribution in [-0.4, -0.2) is 15.0 Å². The number of thiazole rings is 2. The monoisotopic (exact) mass is 826 g/mol. The maximum absolute atomic E-state index is 5.43. The van der Waals surface area contributed by atoms with Crippen molar-refractivity contribution < 1.29 is 0 Å². The SMILES string of the molecule is c1ccc(N2c3ccccc3C3(c4ccccc4-c4cc(-c5cccc(-c6cc(-c7nc8ccccc8s7)cc(-c7nc8ccccc8s7)c6)n5)ccc43)c3ccccc32)cc1. The molecule has 0 saturated carbocycles. The van der Waals surface area contributed by atoms with Gasteiger partial charge in [-0.05, 0) is 118 Å². The van der Waals surface area contributed by atoms with Gasteiger partial charge in [0.05, 0.1) is 48.6 Å². The van der Waals surface area contributed by atoms with Gasteiger partial charge < -0.3 is 4.90 Å². The van der Waals surface area contributed by atoms with E-state index in [0.717, 1.165) is 60.4 Å². The van der Waals surface area contributed by atoms with Crippen molar-refractivity contribution in [3.63, 3.8) is 0 Å². The molecule has 3 aromatic heterocycles. The Kier molecular flexibility index (Phi) is 7.83. The molecular formula is C56H34N4S2. The van der Waals surface area contributed by atoms with Crippen molar-refractivity contribution >= 4 is 60.2 Å². The highest BCUT2D eigenvalue weighted by Gasteiger charge is 2.51. The molecule has 11 aromatic rings. The fourth-order valence-corrected chi connectivity index (χ4v) is 11.8. The lowest BCUT2D eigenvalue weighted by atomic mass is 9.64. The minimum absolute atomic E-state index is 0.504. The van der Waals surface area contributed by atoms with Gasteiger partial charge in [0.2, 0.25) is 0 Å². The summed E-state index contributed by atoms with van der Waals surface area (Å²) in [7, 11) is 0. The number of rotatable bonds is 5. The average Bonchev–Trinajstić information content (AvgIpc) is 4.06. The van der Waals surface area contributed by atoms with Gasteiger partial charge in [0.25, 0.3) is 0 Å². The van der Waals surface area contributed by atoms with Gasteiger partial charge in [0.15, 0.2) is 0 Å². The second-order valence-electron chi connectivity index (χ2n) is 15.9. The van der Waals surface area contributed by atoms with Crippen LogP contribution < -0.4 is 4.90 Å². The summed E-state index contributed by atoms with van der Waals surface area (Å²) in [6.07, 6.45) is 0. The van der Waals surface area contributed by atoms with Gasteiger partial charge >= 0.3 is 0 Å². The van der Waals surface area contributed by atoms with E-state index in [1.807, 2.05) is 12.1 Å². The zero-order valence-electron chi connectivity index (χ0n) is 33.2. The molecule has 0 radical (unpaired) electrons. The molecule has 13 rings (SSSR count). The third-order valence-electron chi connectivity index (χ3n) is 12.5. The molecule has 0 saturated heterocycles. The van der Waals surface area contributed by atoms with Crippen LogP contribution >= 0.6 is 22.7 Å². The van der Waals surface area contributed by atoms with Crippen molar-refractivity contribution in [1.29, 1.82) is 0 Å². The summed E-state index contributed by atoms with van der Waals surface area (Å²) in [5.74, 6) is 0. The molecule has 2 aliphatic rings. The Labute approximate surface area is 366 Å². The normalized spacial score (nSPS) is 13.3. The number of nitrogens with zero attached hydrogens (tertiary/aromatic N) is 4. The van der Waals surface area contributed by atoms with Crippen molar-refractivity contribution in [3.05, 3.63) is 229 Å². The van der Waals surface area contributed by atoms with Crippen molar-refractivity contribution in [2.45, 2.75) is 5.41 Å². The number of pyridine rings is 1. The fraction of sp³-hybridized carbons (Fsp3) is 0.0179. The molecule has 290 valence electrons. The van der Waals surface area contributed by atoms with Gasteiger partial charge in [0.1, 0.15) is 10.0 Å². The molecule has 62 heavy (non-hydrogen) atoms. The Balaban J connectivity index is 0.968. The van der Waals surface area contributed by atoms with Crippen LogP contribution in [0, 0.1) is 0 Å². The Bertz CT molecular complexity index is 3360. The quantitative estimate of drug-likeness (QED) is 0.173. The minimum Gasteiger partial charge on any atom is -0.310 e. The van der Waals surface area contributed by atoms with Crippen LogP contribution in [0.5, 0.6) is 0 Å². The summed E-state index contributed by atoms with van der Waals surface area (Å²) >= 11 is 3.43. The van der Waals surface area contributed by atoms with Crippen molar-refractivity contribution in [1.82, 2.24) is 15.0 Å². The number of anilines is 3. The van der Waals surface area contributed by atoms with Gasteiger partial charge in [-0.3, -0.25) is 0 Å². The van der Waals surface area contributed by atoms with Crippen molar-refractivity contribution in [3.8, 4) is 54.8 Å². The van der Waals surface area contributed by atoms with Crippen molar-refractivity contribution in [2.24, 2.45) is 0 Å². The molecule has 6 heteroatoms. The smallest absolute Gasteiger partial charge is 0.124 e. The van der Waals surface area contributed by atoms with E-state index in [1.165, 1.54) is 54.2 Å². The molecule has 1 aliphatic heterocycles. The predicted octanol–water partition coefficient (Wildman–Crippen LogP) is 15.1. The molecular weight excluding hydrogens is 793 g/mol. The second kappa shape index (κ2) is 13.8. The highest BCUT2D eigenvalue weighted by atomic mass is 32.1. The molecule has 0 unspecified atom stereocenters. The molecule has 4 heterocycles. The van der Waals surface area contributed by atoms with E-state index in [2.05, 4.69) is 199 Å². The van der Waals surface area contributed by atoms with Crippen LogP contribution in [0.4, 0.5) is 17.1 Å². The standard InChI is InChI=1S/C56H34N4S2/c1-2-15-39(16-3-1)60-50-25-10-6-19-44(50)56(45-20-7-11-26-51(45)60)42-18-5-4-17-40(42)41-34-35(29-30-43(41)56)46-23-14-24-47(57-46)36-31-37(54-58-48-21-8-12-27-52(48)61-54)33-38(32-36)55-59-49-22-9-13-28-53(49)62-55/h1-34H. The molecule has 0 atom stereocenters. The second-order valence-corrected chi connectivity index (χ2v) is 18.0. The first-order valence-corrected chi connectivity index (χ1v) is 22.5. The van der Waals surface area contributed by atoms with Crippen LogP contribution in [0.25, 0.3) is 75.2 Å². The maximum Gasteiger partial charge on any atom is 0.124 e. The molecule has 1 aliphatic carbocycles. The molecule has 4 nitrogen and oxygen atoms in total. The Morgan fingerprint density at radius 3 is 1.52 bits per heavy atom. The largest absolute Gasteiger partial charge is 0.310 e. The van der Waals surface area contributed by atoms with Crippen molar-refractivity contribution in [2.75, 3.05) is 4.90 Å². The van der Waals surface area contributed by atoms with Crippen LogP contribution in [0.15, 0.2) is 206 Å². The molecule has 1 spiro atoms. The zero-order chi connectivity index (χ0) is 40.8. The zero-order valence-corrected chi connectivity index (χ0v) is 34.9. The first-order chi connectivity index (χ1) is 30.7. The number of hydrogen-bond donors (Lipinski definition) is 0. The van der Waals surface area contributed by atoms with E-state index in [1.54, 1.807) is 22.7 Å². The lowest BCUT2D eigenvalue weighted by Gasteiger charge is -2.45. The van der Waals surface area contributed by atoms with Crippen LogP contribution in [-0.2, 0) is 5.41 Å². The molecule has 0 amide bonds. The number of para-hydroxylation sites is 5.